The molecule has 2 unspecified atom stereocenters. The first-order chi connectivity index (χ1) is 10.2. The summed E-state index contributed by atoms with van der Waals surface area (Å²) >= 11 is 0. The number of aromatic nitrogens is 2. The predicted molar refractivity (Wildman–Crippen MR) is 84.2 cm³/mol. The van der Waals surface area contributed by atoms with Crippen LogP contribution < -0.4 is 5.73 Å². The second-order valence-corrected chi connectivity index (χ2v) is 6.94. The maximum atomic E-state index is 6.19. The van der Waals surface area contributed by atoms with E-state index in [9.17, 15) is 0 Å². The topological polar surface area (TPSA) is 53.1 Å². The number of hydrogen-bond donors (Lipinski definition) is 1. The molecule has 0 bridgehead atoms. The van der Waals surface area contributed by atoms with Crippen LogP contribution in [-0.2, 0) is 11.2 Å². The van der Waals surface area contributed by atoms with Gasteiger partial charge in [0.1, 0.15) is 0 Å². The van der Waals surface area contributed by atoms with Crippen molar-refractivity contribution in [1.82, 2.24) is 9.78 Å². The highest BCUT2D eigenvalue weighted by atomic mass is 16.5. The highest BCUT2D eigenvalue weighted by Gasteiger charge is 2.39. The molecule has 2 aliphatic rings. The number of rotatable bonds is 4. The van der Waals surface area contributed by atoms with Crippen LogP contribution in [0.2, 0.25) is 0 Å². The Kier molecular flexibility index (Phi) is 4.65. The molecule has 2 atom stereocenters. The molecule has 0 amide bonds. The van der Waals surface area contributed by atoms with Crippen LogP contribution in [0.15, 0.2) is 12.4 Å². The van der Waals surface area contributed by atoms with Crippen LogP contribution >= 0.6 is 0 Å². The lowest BCUT2D eigenvalue weighted by Gasteiger charge is -2.43. The van der Waals surface area contributed by atoms with E-state index in [1.54, 1.807) is 0 Å². The van der Waals surface area contributed by atoms with Gasteiger partial charge < -0.3 is 10.5 Å². The minimum absolute atomic E-state index is 0.146. The van der Waals surface area contributed by atoms with Crippen molar-refractivity contribution in [3.63, 3.8) is 0 Å². The maximum Gasteiger partial charge on any atom is 0.0703 e. The highest BCUT2D eigenvalue weighted by Crippen LogP contribution is 2.42. The molecule has 1 aromatic heterocycles. The van der Waals surface area contributed by atoms with Crippen molar-refractivity contribution in [2.45, 2.75) is 82.4 Å². The lowest BCUT2D eigenvalue weighted by atomic mass is 9.78. The van der Waals surface area contributed by atoms with Crippen LogP contribution in [0.4, 0.5) is 0 Å². The standard InChI is InChI=1S/C17H29N3O/c1-2-15(18)10-14-12-19-20(13-14)16-6-9-21-17(11-16)7-4-3-5-8-17/h12-13,15-16H,2-11,18H2,1H3. The third-order valence-corrected chi connectivity index (χ3v) is 5.28. The van der Waals surface area contributed by atoms with Crippen molar-refractivity contribution in [3.8, 4) is 0 Å². The monoisotopic (exact) mass is 291 g/mol. The van der Waals surface area contributed by atoms with Gasteiger partial charge in [-0.25, -0.2) is 0 Å². The Morgan fingerprint density at radius 2 is 2.24 bits per heavy atom. The normalized spacial score (nSPS) is 26.9. The van der Waals surface area contributed by atoms with Gasteiger partial charge in [0.15, 0.2) is 0 Å². The van der Waals surface area contributed by atoms with Gasteiger partial charge in [-0.3, -0.25) is 4.68 Å². The first kappa shape index (κ1) is 15.0. The smallest absolute Gasteiger partial charge is 0.0703 e. The molecule has 1 saturated carbocycles. The van der Waals surface area contributed by atoms with Crippen LogP contribution in [0.1, 0.15) is 69.9 Å². The van der Waals surface area contributed by atoms with E-state index in [4.69, 9.17) is 10.5 Å². The summed E-state index contributed by atoms with van der Waals surface area (Å²) in [5.41, 5.74) is 7.47. The largest absolute Gasteiger partial charge is 0.375 e. The third kappa shape index (κ3) is 3.49. The molecule has 1 aliphatic heterocycles. The Balaban J connectivity index is 1.66. The quantitative estimate of drug-likeness (QED) is 0.926. The van der Waals surface area contributed by atoms with Crippen LogP contribution in [0, 0.1) is 0 Å². The number of nitrogens with two attached hydrogens (primary N) is 1. The van der Waals surface area contributed by atoms with E-state index in [-0.39, 0.29) is 11.6 Å². The van der Waals surface area contributed by atoms with E-state index < -0.39 is 0 Å². The fourth-order valence-corrected chi connectivity index (χ4v) is 3.90. The molecule has 4 nitrogen and oxygen atoms in total. The molecule has 2 fully saturated rings. The Labute approximate surface area is 128 Å². The first-order valence-corrected chi connectivity index (χ1v) is 8.63. The van der Waals surface area contributed by atoms with Crippen molar-refractivity contribution < 1.29 is 4.74 Å². The van der Waals surface area contributed by atoms with Crippen molar-refractivity contribution in [2.24, 2.45) is 5.73 Å². The van der Waals surface area contributed by atoms with Crippen LogP contribution in [-0.4, -0.2) is 28.0 Å². The molecule has 1 aliphatic carbocycles. The van der Waals surface area contributed by atoms with Gasteiger partial charge >= 0.3 is 0 Å². The molecular weight excluding hydrogens is 262 g/mol. The number of nitrogens with zero attached hydrogens (tertiary/aromatic N) is 2. The fourth-order valence-electron chi connectivity index (χ4n) is 3.90. The third-order valence-electron chi connectivity index (χ3n) is 5.28. The van der Waals surface area contributed by atoms with Crippen molar-refractivity contribution in [2.75, 3.05) is 6.61 Å². The highest BCUT2D eigenvalue weighted by molar-refractivity contribution is 5.07. The van der Waals surface area contributed by atoms with Gasteiger partial charge in [0.2, 0.25) is 0 Å². The molecule has 0 aromatic carbocycles. The average molecular weight is 291 g/mol. The van der Waals surface area contributed by atoms with E-state index in [2.05, 4.69) is 22.9 Å². The molecule has 2 heterocycles. The zero-order valence-electron chi connectivity index (χ0n) is 13.3. The van der Waals surface area contributed by atoms with Gasteiger partial charge in [0.25, 0.3) is 0 Å². The first-order valence-electron chi connectivity index (χ1n) is 8.63. The summed E-state index contributed by atoms with van der Waals surface area (Å²) in [5, 5.41) is 4.61. The van der Waals surface area contributed by atoms with Crippen LogP contribution in [0.3, 0.4) is 0 Å². The summed E-state index contributed by atoms with van der Waals surface area (Å²) in [6, 6.07) is 0.755. The van der Waals surface area contributed by atoms with Gasteiger partial charge in [0.05, 0.1) is 17.8 Å². The fraction of sp³-hybridized carbons (Fsp3) is 0.824. The van der Waals surface area contributed by atoms with E-state index in [0.29, 0.717) is 6.04 Å². The van der Waals surface area contributed by atoms with Crippen molar-refractivity contribution in [3.05, 3.63) is 18.0 Å². The second kappa shape index (κ2) is 6.49. The van der Waals surface area contributed by atoms with E-state index in [0.717, 1.165) is 32.3 Å². The molecule has 0 radical (unpaired) electrons. The summed E-state index contributed by atoms with van der Waals surface area (Å²) in [5.74, 6) is 0. The molecule has 21 heavy (non-hydrogen) atoms. The molecule has 118 valence electrons. The zero-order valence-corrected chi connectivity index (χ0v) is 13.3. The zero-order chi connectivity index (χ0) is 14.7. The molecule has 3 rings (SSSR count). The predicted octanol–water partition coefficient (Wildman–Crippen LogP) is 3.22. The molecule has 1 aromatic rings. The summed E-state index contributed by atoms with van der Waals surface area (Å²) < 4.78 is 8.36. The number of hydrogen-bond acceptors (Lipinski definition) is 3. The van der Waals surface area contributed by atoms with Gasteiger partial charge in [-0.1, -0.05) is 26.2 Å². The Hall–Kier alpha value is -0.870. The Morgan fingerprint density at radius 1 is 1.43 bits per heavy atom. The summed E-state index contributed by atoms with van der Waals surface area (Å²) in [6.45, 7) is 3.02. The minimum Gasteiger partial charge on any atom is -0.375 e. The summed E-state index contributed by atoms with van der Waals surface area (Å²) in [4.78, 5) is 0. The second-order valence-electron chi connectivity index (χ2n) is 6.94. The molecule has 1 saturated heterocycles. The molecule has 1 spiro atoms. The van der Waals surface area contributed by atoms with Crippen molar-refractivity contribution in [1.29, 1.82) is 0 Å². The summed E-state index contributed by atoms with van der Waals surface area (Å²) in [7, 11) is 0. The van der Waals surface area contributed by atoms with E-state index in [1.807, 2.05) is 6.20 Å². The van der Waals surface area contributed by atoms with Crippen LogP contribution in [0.25, 0.3) is 0 Å². The van der Waals surface area contributed by atoms with E-state index in [1.165, 1.54) is 37.7 Å². The van der Waals surface area contributed by atoms with Crippen LogP contribution in [0.5, 0.6) is 0 Å². The lowest BCUT2D eigenvalue weighted by Crippen LogP contribution is -2.42. The van der Waals surface area contributed by atoms with Gasteiger partial charge in [-0.2, -0.15) is 5.10 Å². The van der Waals surface area contributed by atoms with Gasteiger partial charge in [-0.05, 0) is 44.1 Å². The molecule has 4 heteroatoms. The maximum absolute atomic E-state index is 6.19. The molecule has 2 N–H and O–H groups in total. The Morgan fingerprint density at radius 3 is 3.00 bits per heavy atom. The summed E-state index contributed by atoms with van der Waals surface area (Å²) in [6.07, 6.45) is 14.9. The minimum atomic E-state index is 0.146. The lowest BCUT2D eigenvalue weighted by molar-refractivity contribution is -0.115. The SMILES string of the molecule is CCC(N)Cc1cnn(C2CCOC3(CCCCC3)C2)c1. The van der Waals surface area contributed by atoms with E-state index >= 15 is 0 Å². The average Bonchev–Trinajstić information content (AvgIpc) is 2.96. The number of ether oxygens (including phenoxy) is 1. The Bertz CT molecular complexity index is 445. The van der Waals surface area contributed by atoms with Gasteiger partial charge in [0, 0.05) is 18.8 Å². The van der Waals surface area contributed by atoms with Crippen molar-refractivity contribution >= 4 is 0 Å². The molecular formula is C17H29N3O. The van der Waals surface area contributed by atoms with Gasteiger partial charge in [-0.15, -0.1) is 0 Å².